The van der Waals surface area contributed by atoms with Crippen molar-refractivity contribution in [2.45, 2.75) is 19.3 Å². The van der Waals surface area contributed by atoms with E-state index in [9.17, 15) is 18.0 Å². The molecule has 0 radical (unpaired) electrons. The van der Waals surface area contributed by atoms with Crippen molar-refractivity contribution in [3.05, 3.63) is 36.4 Å². The highest BCUT2D eigenvalue weighted by atomic mass is 19.4. The number of alkyl halides is 3. The van der Waals surface area contributed by atoms with Crippen LogP contribution in [0.2, 0.25) is 0 Å². The fraction of sp³-hybridized carbons (Fsp3) is 0.471. The number of ether oxygens (including phenoxy) is 1. The van der Waals surface area contributed by atoms with Crippen LogP contribution < -0.4 is 20.3 Å². The molecule has 0 aliphatic carbocycles. The Morgan fingerprint density at radius 2 is 2.04 bits per heavy atom. The molecule has 2 N–H and O–H groups in total. The highest BCUT2D eigenvalue weighted by Crippen LogP contribution is 2.28. The summed E-state index contributed by atoms with van der Waals surface area (Å²) in [6, 6.07) is 5.51. The number of benzene rings is 1. The molecule has 3 rings (SSSR count). The van der Waals surface area contributed by atoms with Gasteiger partial charge in [-0.1, -0.05) is 0 Å². The van der Waals surface area contributed by atoms with Gasteiger partial charge in [0.05, 0.1) is 6.54 Å². The Balaban J connectivity index is 1.40. The Morgan fingerprint density at radius 1 is 1.29 bits per heavy atom. The first-order valence-corrected chi connectivity index (χ1v) is 8.75. The Hall–Kier alpha value is -2.98. The second-order valence-electron chi connectivity index (χ2n) is 6.54. The van der Waals surface area contributed by atoms with Gasteiger partial charge in [-0.3, -0.25) is 4.68 Å². The van der Waals surface area contributed by atoms with Crippen LogP contribution in [0.5, 0.6) is 5.75 Å². The van der Waals surface area contributed by atoms with Gasteiger partial charge in [0, 0.05) is 32.4 Å². The van der Waals surface area contributed by atoms with Crippen LogP contribution in [0, 0.1) is 5.92 Å². The summed E-state index contributed by atoms with van der Waals surface area (Å²) in [7, 11) is 1.75. The fourth-order valence-corrected chi connectivity index (χ4v) is 3.02. The second kappa shape index (κ2) is 8.36. The summed E-state index contributed by atoms with van der Waals surface area (Å²) in [5.74, 6) is 0.542. The molecular formula is C17H21F3N6O2. The molecule has 0 spiro atoms. The lowest BCUT2D eigenvalue weighted by atomic mass is 10.1. The van der Waals surface area contributed by atoms with Gasteiger partial charge in [-0.25, -0.2) is 9.78 Å². The van der Waals surface area contributed by atoms with Crippen molar-refractivity contribution in [1.29, 1.82) is 0 Å². The number of carbonyl (C=O) groups excluding carboxylic acids is 1. The van der Waals surface area contributed by atoms with Crippen LogP contribution in [0.3, 0.4) is 0 Å². The molecule has 2 aromatic rings. The number of aryl methyl sites for hydroxylation is 1. The van der Waals surface area contributed by atoms with E-state index in [1.807, 2.05) is 0 Å². The predicted octanol–water partition coefficient (Wildman–Crippen LogP) is 2.04. The van der Waals surface area contributed by atoms with Crippen LogP contribution >= 0.6 is 0 Å². The lowest BCUT2D eigenvalue weighted by Crippen LogP contribution is -2.38. The normalized spacial score (nSPS) is 16.9. The number of hydrogen-bond donors (Lipinski definition) is 2. The number of urea groups is 1. The van der Waals surface area contributed by atoms with E-state index in [-0.39, 0.29) is 24.2 Å². The van der Waals surface area contributed by atoms with Crippen molar-refractivity contribution in [2.24, 2.45) is 13.0 Å². The zero-order chi connectivity index (χ0) is 20.1. The molecule has 0 saturated carbocycles. The highest BCUT2D eigenvalue weighted by molar-refractivity contribution is 5.73. The number of carbonyl (C=O) groups is 1. The second-order valence-corrected chi connectivity index (χ2v) is 6.54. The van der Waals surface area contributed by atoms with Gasteiger partial charge in [0.2, 0.25) is 0 Å². The van der Waals surface area contributed by atoms with Gasteiger partial charge in [0.1, 0.15) is 12.1 Å². The SMILES string of the molecule is Cn1cnc(CNC(=O)NC[C@@H]2CCN(c3ccc(OC(F)(F)F)cc3)C2)n1. The maximum Gasteiger partial charge on any atom is 0.573 e. The third kappa shape index (κ3) is 5.76. The summed E-state index contributed by atoms with van der Waals surface area (Å²) in [4.78, 5) is 18.0. The van der Waals surface area contributed by atoms with E-state index in [4.69, 9.17) is 0 Å². The monoisotopic (exact) mass is 398 g/mol. The van der Waals surface area contributed by atoms with Gasteiger partial charge in [0.15, 0.2) is 5.82 Å². The summed E-state index contributed by atoms with van der Waals surface area (Å²) >= 11 is 0. The van der Waals surface area contributed by atoms with Crippen LogP contribution in [0.25, 0.3) is 0 Å². The molecule has 11 heteroatoms. The van der Waals surface area contributed by atoms with Gasteiger partial charge in [-0.2, -0.15) is 5.10 Å². The molecule has 1 saturated heterocycles. The third-order valence-electron chi connectivity index (χ3n) is 4.33. The number of nitrogens with zero attached hydrogens (tertiary/aromatic N) is 4. The standard InChI is InChI=1S/C17H21F3N6O2/c1-25-11-23-15(24-25)9-22-16(27)21-8-12-6-7-26(10-12)13-2-4-14(5-3-13)28-17(18,19)20/h2-5,11-12H,6-10H2,1H3,(H2,21,22,27)/t12-/m0/s1. The number of rotatable bonds is 6. The Kier molecular flexibility index (Phi) is 5.90. The molecule has 8 nitrogen and oxygen atoms in total. The lowest BCUT2D eigenvalue weighted by molar-refractivity contribution is -0.274. The van der Waals surface area contributed by atoms with E-state index >= 15 is 0 Å². The minimum atomic E-state index is -4.70. The maximum absolute atomic E-state index is 12.2. The average molecular weight is 398 g/mol. The van der Waals surface area contributed by atoms with Crippen molar-refractivity contribution in [2.75, 3.05) is 24.5 Å². The molecule has 2 heterocycles. The lowest BCUT2D eigenvalue weighted by Gasteiger charge is -2.19. The van der Waals surface area contributed by atoms with Crippen molar-refractivity contribution < 1.29 is 22.7 Å². The molecule has 1 aromatic carbocycles. The first-order valence-electron chi connectivity index (χ1n) is 8.75. The molecule has 1 aromatic heterocycles. The third-order valence-corrected chi connectivity index (χ3v) is 4.33. The molecule has 1 aliphatic heterocycles. The topological polar surface area (TPSA) is 84.3 Å². The summed E-state index contributed by atoms with van der Waals surface area (Å²) in [5, 5.41) is 9.60. The van der Waals surface area contributed by atoms with E-state index in [0.717, 1.165) is 18.7 Å². The quantitative estimate of drug-likeness (QED) is 0.778. The van der Waals surface area contributed by atoms with Crippen molar-refractivity contribution in [1.82, 2.24) is 25.4 Å². The molecule has 2 amide bonds. The first-order chi connectivity index (χ1) is 13.3. The molecule has 0 bridgehead atoms. The smallest absolute Gasteiger partial charge is 0.406 e. The number of hydrogen-bond acceptors (Lipinski definition) is 5. The minimum Gasteiger partial charge on any atom is -0.406 e. The average Bonchev–Trinajstić information content (AvgIpc) is 3.26. The van der Waals surface area contributed by atoms with Crippen molar-refractivity contribution in [3.63, 3.8) is 0 Å². The minimum absolute atomic E-state index is 0.243. The zero-order valence-electron chi connectivity index (χ0n) is 15.2. The molecule has 0 unspecified atom stereocenters. The zero-order valence-corrected chi connectivity index (χ0v) is 15.2. The Labute approximate surface area is 159 Å². The van der Waals surface area contributed by atoms with Crippen LogP contribution in [-0.4, -0.2) is 46.8 Å². The predicted molar refractivity (Wildman–Crippen MR) is 94.7 cm³/mol. The van der Waals surface area contributed by atoms with E-state index in [1.54, 1.807) is 30.2 Å². The molecular weight excluding hydrogens is 377 g/mol. The number of anilines is 1. The van der Waals surface area contributed by atoms with E-state index in [0.29, 0.717) is 18.9 Å². The van der Waals surface area contributed by atoms with Gasteiger partial charge < -0.3 is 20.3 Å². The van der Waals surface area contributed by atoms with Crippen molar-refractivity contribution >= 4 is 11.7 Å². The fourth-order valence-electron chi connectivity index (χ4n) is 3.02. The van der Waals surface area contributed by atoms with E-state index in [2.05, 4.69) is 30.4 Å². The largest absolute Gasteiger partial charge is 0.573 e. The Morgan fingerprint density at radius 3 is 2.68 bits per heavy atom. The van der Waals surface area contributed by atoms with Crippen LogP contribution in [0.15, 0.2) is 30.6 Å². The number of amides is 2. The van der Waals surface area contributed by atoms with Gasteiger partial charge >= 0.3 is 12.4 Å². The van der Waals surface area contributed by atoms with E-state index in [1.165, 1.54) is 12.1 Å². The molecule has 1 aliphatic rings. The van der Waals surface area contributed by atoms with Crippen molar-refractivity contribution in [3.8, 4) is 5.75 Å². The van der Waals surface area contributed by atoms with Gasteiger partial charge in [0.25, 0.3) is 0 Å². The highest BCUT2D eigenvalue weighted by Gasteiger charge is 2.31. The molecule has 1 atom stereocenters. The first kappa shape index (κ1) is 19.8. The summed E-state index contributed by atoms with van der Waals surface area (Å²) in [5.41, 5.74) is 0.822. The summed E-state index contributed by atoms with van der Waals surface area (Å²) < 4.78 is 42.1. The van der Waals surface area contributed by atoms with Crippen LogP contribution in [0.1, 0.15) is 12.2 Å². The van der Waals surface area contributed by atoms with Gasteiger partial charge in [-0.05, 0) is 36.6 Å². The molecule has 152 valence electrons. The maximum atomic E-state index is 12.2. The van der Waals surface area contributed by atoms with Gasteiger partial charge in [-0.15, -0.1) is 13.2 Å². The van der Waals surface area contributed by atoms with Crippen LogP contribution in [-0.2, 0) is 13.6 Å². The summed E-state index contributed by atoms with van der Waals surface area (Å²) in [6.07, 6.45) is -2.26. The number of halogens is 3. The molecule has 28 heavy (non-hydrogen) atoms. The Bertz CT molecular complexity index is 793. The number of nitrogens with one attached hydrogen (secondary N) is 2. The van der Waals surface area contributed by atoms with E-state index < -0.39 is 6.36 Å². The summed E-state index contributed by atoms with van der Waals surface area (Å²) in [6.45, 7) is 2.23. The van der Waals surface area contributed by atoms with Crippen LogP contribution in [0.4, 0.5) is 23.7 Å². The number of aromatic nitrogens is 3. The molecule has 1 fully saturated rings.